The predicted molar refractivity (Wildman–Crippen MR) is 105 cm³/mol. The van der Waals surface area contributed by atoms with E-state index in [1.165, 1.54) is 5.01 Å². The van der Waals surface area contributed by atoms with Crippen molar-refractivity contribution in [1.29, 1.82) is 0 Å². The van der Waals surface area contributed by atoms with Crippen LogP contribution in [0.5, 0.6) is 5.75 Å². The lowest BCUT2D eigenvalue weighted by atomic mass is 10.2. The molecule has 2 aromatic rings. The van der Waals surface area contributed by atoms with Gasteiger partial charge in [-0.05, 0) is 25.3 Å². The normalized spacial score (nSPS) is 14.0. The van der Waals surface area contributed by atoms with Crippen molar-refractivity contribution in [3.8, 4) is 5.75 Å². The number of nitrogens with one attached hydrogen (secondary N) is 1. The van der Waals surface area contributed by atoms with Gasteiger partial charge in [-0.2, -0.15) is 0 Å². The summed E-state index contributed by atoms with van der Waals surface area (Å²) in [6.45, 7) is 5.57. The molecule has 26 heavy (non-hydrogen) atoms. The molecular formula is C20H27N3O2S. The number of thiazole rings is 1. The van der Waals surface area contributed by atoms with Crippen molar-refractivity contribution in [3.63, 3.8) is 0 Å². The molecule has 0 unspecified atom stereocenters. The van der Waals surface area contributed by atoms with Crippen molar-refractivity contribution in [1.82, 2.24) is 15.2 Å². The Hall–Kier alpha value is -1.92. The molecule has 0 aliphatic carbocycles. The summed E-state index contributed by atoms with van der Waals surface area (Å²) in [7, 11) is 0. The van der Waals surface area contributed by atoms with Crippen LogP contribution >= 0.6 is 11.3 Å². The smallest absolute Gasteiger partial charge is 0.260 e. The van der Waals surface area contributed by atoms with Gasteiger partial charge in [-0.25, -0.2) is 4.98 Å². The van der Waals surface area contributed by atoms with Crippen molar-refractivity contribution >= 4 is 17.2 Å². The molecule has 6 heteroatoms. The fourth-order valence-corrected chi connectivity index (χ4v) is 3.83. The van der Waals surface area contributed by atoms with Crippen LogP contribution in [0.2, 0.25) is 0 Å². The number of aryl methyl sites for hydroxylation is 1. The first-order valence-corrected chi connectivity index (χ1v) is 10.3. The summed E-state index contributed by atoms with van der Waals surface area (Å²) in [5.74, 6) is 0.870. The Bertz CT molecular complexity index is 711. The molecule has 2 heterocycles. The van der Waals surface area contributed by atoms with E-state index in [0.29, 0.717) is 0 Å². The molecule has 0 saturated carbocycles. The minimum absolute atomic E-state index is 0.0838. The number of amides is 1. The third-order valence-corrected chi connectivity index (χ3v) is 5.60. The zero-order valence-corrected chi connectivity index (χ0v) is 16.2. The quantitative estimate of drug-likeness (QED) is 0.687. The Balaban J connectivity index is 1.44. The second-order valence-corrected chi connectivity index (χ2v) is 7.44. The maximum atomic E-state index is 12.2. The van der Waals surface area contributed by atoms with E-state index in [4.69, 9.17) is 4.74 Å². The topological polar surface area (TPSA) is 54.5 Å². The Morgan fingerprint density at radius 2 is 2.12 bits per heavy atom. The third kappa shape index (κ3) is 5.29. The molecule has 0 bridgehead atoms. The average Bonchev–Trinajstić information content (AvgIpc) is 3.35. The molecule has 1 aromatic carbocycles. The van der Waals surface area contributed by atoms with Crippen LogP contribution in [-0.2, 0) is 24.2 Å². The first-order valence-electron chi connectivity index (χ1n) is 9.38. The van der Waals surface area contributed by atoms with Gasteiger partial charge in [0.2, 0.25) is 0 Å². The molecule has 1 N–H and O–H groups in total. The van der Waals surface area contributed by atoms with E-state index in [9.17, 15) is 4.79 Å². The van der Waals surface area contributed by atoms with E-state index >= 15 is 0 Å². The number of carbonyl (C=O) groups is 1. The fourth-order valence-electron chi connectivity index (χ4n) is 3.05. The highest BCUT2D eigenvalue weighted by Gasteiger charge is 2.18. The summed E-state index contributed by atoms with van der Waals surface area (Å²) in [5.41, 5.74) is 2.23. The molecule has 0 radical (unpaired) electrons. The van der Waals surface area contributed by atoms with Gasteiger partial charge in [0.1, 0.15) is 5.75 Å². The monoisotopic (exact) mass is 373 g/mol. The van der Waals surface area contributed by atoms with Gasteiger partial charge in [0.25, 0.3) is 5.91 Å². The molecular weight excluding hydrogens is 346 g/mol. The van der Waals surface area contributed by atoms with Crippen molar-refractivity contribution in [2.45, 2.75) is 39.2 Å². The first kappa shape index (κ1) is 18.9. The second-order valence-electron chi connectivity index (χ2n) is 6.50. The SMILES string of the molecule is CCc1nc(CCNCc2ccccc2OCC(=O)N2CCCC2)cs1. The standard InChI is InChI=1S/C20H27N3O2S/c1-2-19-22-17(15-26-19)9-10-21-13-16-7-3-4-8-18(16)25-14-20(24)23-11-5-6-12-23/h3-4,7-8,15,21H,2,5-6,9-14H2,1H3. The zero-order chi connectivity index (χ0) is 18.2. The molecule has 0 atom stereocenters. The molecule has 1 aromatic heterocycles. The molecule has 140 valence electrons. The third-order valence-electron chi connectivity index (χ3n) is 4.56. The van der Waals surface area contributed by atoms with Crippen molar-refractivity contribution in [3.05, 3.63) is 45.9 Å². The van der Waals surface area contributed by atoms with Gasteiger partial charge in [0.05, 0.1) is 10.7 Å². The van der Waals surface area contributed by atoms with Crippen molar-refractivity contribution < 1.29 is 9.53 Å². The highest BCUT2D eigenvalue weighted by Crippen LogP contribution is 2.18. The molecule has 1 aliphatic rings. The van der Waals surface area contributed by atoms with Gasteiger partial charge in [-0.15, -0.1) is 11.3 Å². The van der Waals surface area contributed by atoms with Gasteiger partial charge >= 0.3 is 0 Å². The Kier molecular flexibility index (Phi) is 7.03. The Morgan fingerprint density at radius 3 is 2.88 bits per heavy atom. The van der Waals surface area contributed by atoms with E-state index in [1.54, 1.807) is 11.3 Å². The van der Waals surface area contributed by atoms with Crippen LogP contribution in [0.4, 0.5) is 0 Å². The number of benzene rings is 1. The molecule has 0 spiro atoms. The lowest BCUT2D eigenvalue weighted by molar-refractivity contribution is -0.132. The van der Waals surface area contributed by atoms with Crippen LogP contribution in [0.3, 0.4) is 0 Å². The van der Waals surface area contributed by atoms with Gasteiger partial charge in [0, 0.05) is 43.5 Å². The largest absolute Gasteiger partial charge is 0.483 e. The summed E-state index contributed by atoms with van der Waals surface area (Å²) < 4.78 is 5.80. The van der Waals surface area contributed by atoms with Gasteiger partial charge in [-0.3, -0.25) is 4.79 Å². The van der Waals surface area contributed by atoms with Gasteiger partial charge in [0.15, 0.2) is 6.61 Å². The van der Waals surface area contributed by atoms with Crippen LogP contribution in [-0.4, -0.2) is 42.0 Å². The van der Waals surface area contributed by atoms with Gasteiger partial charge < -0.3 is 15.0 Å². The maximum Gasteiger partial charge on any atom is 0.260 e. The minimum atomic E-state index is 0.0838. The van der Waals surface area contributed by atoms with E-state index < -0.39 is 0 Å². The molecule has 1 fully saturated rings. The zero-order valence-electron chi connectivity index (χ0n) is 15.4. The molecule has 3 rings (SSSR count). The summed E-state index contributed by atoms with van der Waals surface area (Å²) in [4.78, 5) is 18.6. The molecule has 1 amide bonds. The van der Waals surface area contributed by atoms with Crippen LogP contribution in [0.25, 0.3) is 0 Å². The van der Waals surface area contributed by atoms with E-state index in [-0.39, 0.29) is 12.5 Å². The van der Waals surface area contributed by atoms with Crippen LogP contribution in [0.1, 0.15) is 36.0 Å². The highest BCUT2D eigenvalue weighted by atomic mass is 32.1. The molecule has 1 saturated heterocycles. The van der Waals surface area contributed by atoms with Crippen molar-refractivity contribution in [2.24, 2.45) is 0 Å². The number of nitrogens with zero attached hydrogens (tertiary/aromatic N) is 2. The number of ether oxygens (including phenoxy) is 1. The van der Waals surface area contributed by atoms with E-state index in [1.807, 2.05) is 29.2 Å². The van der Waals surface area contributed by atoms with Crippen LogP contribution < -0.4 is 10.1 Å². The predicted octanol–water partition coefficient (Wildman–Crippen LogP) is 3.04. The number of rotatable bonds is 9. The highest BCUT2D eigenvalue weighted by molar-refractivity contribution is 7.09. The van der Waals surface area contributed by atoms with Crippen LogP contribution in [0.15, 0.2) is 29.6 Å². The van der Waals surface area contributed by atoms with E-state index in [0.717, 1.165) is 68.9 Å². The van der Waals surface area contributed by atoms with Gasteiger partial charge in [-0.1, -0.05) is 25.1 Å². The number of likely N-dealkylation sites (tertiary alicyclic amines) is 1. The number of hydrogen-bond acceptors (Lipinski definition) is 5. The van der Waals surface area contributed by atoms with E-state index in [2.05, 4.69) is 22.6 Å². The summed E-state index contributed by atoms with van der Waals surface area (Å²) in [6, 6.07) is 7.92. The molecule has 5 nitrogen and oxygen atoms in total. The maximum absolute atomic E-state index is 12.2. The van der Waals surface area contributed by atoms with Crippen molar-refractivity contribution in [2.75, 3.05) is 26.2 Å². The summed E-state index contributed by atoms with van der Waals surface area (Å²) in [5, 5.41) is 6.79. The average molecular weight is 374 g/mol. The number of hydrogen-bond donors (Lipinski definition) is 1. The Morgan fingerprint density at radius 1 is 1.31 bits per heavy atom. The van der Waals surface area contributed by atoms with Crippen LogP contribution in [0, 0.1) is 0 Å². The summed E-state index contributed by atoms with van der Waals surface area (Å²) >= 11 is 1.73. The summed E-state index contributed by atoms with van der Waals surface area (Å²) in [6.07, 6.45) is 4.13. The molecule has 1 aliphatic heterocycles. The Labute approximate surface area is 159 Å². The second kappa shape index (κ2) is 9.69. The number of para-hydroxylation sites is 1. The number of carbonyl (C=O) groups excluding carboxylic acids is 1. The number of aromatic nitrogens is 1. The fraction of sp³-hybridized carbons (Fsp3) is 0.500. The lowest BCUT2D eigenvalue weighted by Crippen LogP contribution is -2.32. The first-order chi connectivity index (χ1) is 12.8. The lowest BCUT2D eigenvalue weighted by Gasteiger charge is -2.17. The minimum Gasteiger partial charge on any atom is -0.483 e.